The minimum atomic E-state index is -4.10. The molecule has 28 heavy (non-hydrogen) atoms. The molecule has 0 fully saturated rings. The zero-order valence-electron chi connectivity index (χ0n) is 16.9. The van der Waals surface area contributed by atoms with E-state index in [2.05, 4.69) is 5.32 Å². The number of aryl methyl sites for hydroxylation is 2. The molecule has 2 rings (SSSR count). The van der Waals surface area contributed by atoms with Gasteiger partial charge in [0.05, 0.1) is 18.4 Å². The predicted octanol–water partition coefficient (Wildman–Crippen LogP) is 2.00. The summed E-state index contributed by atoms with van der Waals surface area (Å²) in [5.41, 5.74) is 0.213. The second-order valence-electron chi connectivity index (χ2n) is 7.56. The summed E-state index contributed by atoms with van der Waals surface area (Å²) < 4.78 is 38.1. The number of sulfonamides is 1. The lowest BCUT2D eigenvalue weighted by atomic mass is 10.1. The van der Waals surface area contributed by atoms with Crippen LogP contribution in [0.2, 0.25) is 0 Å². The van der Waals surface area contributed by atoms with Crippen LogP contribution >= 0.6 is 0 Å². The molecule has 0 saturated heterocycles. The van der Waals surface area contributed by atoms with Crippen molar-refractivity contribution in [1.82, 2.24) is 9.62 Å². The summed E-state index contributed by atoms with van der Waals surface area (Å²) in [7, 11) is -2.60. The molecular formula is C19H26N2O6S. The summed E-state index contributed by atoms with van der Waals surface area (Å²) in [6.45, 7) is 8.40. The fraction of sp³-hybridized carbons (Fsp3) is 0.474. The van der Waals surface area contributed by atoms with Gasteiger partial charge in [0.2, 0.25) is 5.91 Å². The first-order valence-corrected chi connectivity index (χ1v) is 10.2. The van der Waals surface area contributed by atoms with E-state index < -0.39 is 40.0 Å². The molecule has 1 unspecified atom stereocenters. The lowest BCUT2D eigenvalue weighted by Crippen LogP contribution is -2.50. The number of amides is 1. The van der Waals surface area contributed by atoms with Crippen molar-refractivity contribution in [3.63, 3.8) is 0 Å². The summed E-state index contributed by atoms with van der Waals surface area (Å²) in [5.74, 6) is -0.724. The standard InChI is InChI=1S/C19H26N2O6S/c1-12-9-14(26-6)10-13(2)17(12)28(24,25)21-8-7-20-18(23)15(21)11-16(22)27-19(3,4)5/h7-10,15H,11H2,1-6H3,(H,20,23). The fourth-order valence-electron chi connectivity index (χ4n) is 3.02. The van der Waals surface area contributed by atoms with E-state index >= 15 is 0 Å². The van der Waals surface area contributed by atoms with Gasteiger partial charge in [-0.3, -0.25) is 13.9 Å². The number of esters is 1. The van der Waals surface area contributed by atoms with Gasteiger partial charge in [0.1, 0.15) is 17.4 Å². The third kappa shape index (κ3) is 4.64. The molecular weight excluding hydrogens is 384 g/mol. The molecule has 1 aromatic carbocycles. The molecule has 1 amide bonds. The molecule has 1 N–H and O–H groups in total. The first-order chi connectivity index (χ1) is 12.9. The Labute approximate surface area is 165 Å². The highest BCUT2D eigenvalue weighted by molar-refractivity contribution is 7.89. The highest BCUT2D eigenvalue weighted by atomic mass is 32.2. The minimum absolute atomic E-state index is 0.0711. The van der Waals surface area contributed by atoms with Crippen molar-refractivity contribution in [3.05, 3.63) is 35.7 Å². The van der Waals surface area contributed by atoms with E-state index in [-0.39, 0.29) is 4.90 Å². The third-order valence-corrected chi connectivity index (χ3v) is 6.13. The van der Waals surface area contributed by atoms with Gasteiger partial charge in [0, 0.05) is 12.4 Å². The summed E-state index contributed by atoms with van der Waals surface area (Å²) in [4.78, 5) is 24.7. The van der Waals surface area contributed by atoms with E-state index in [0.29, 0.717) is 16.9 Å². The molecule has 0 saturated carbocycles. The van der Waals surface area contributed by atoms with Crippen molar-refractivity contribution in [2.24, 2.45) is 0 Å². The molecule has 154 valence electrons. The van der Waals surface area contributed by atoms with Crippen molar-refractivity contribution >= 4 is 21.9 Å². The summed E-state index contributed by atoms with van der Waals surface area (Å²) in [6.07, 6.45) is 2.08. The summed E-state index contributed by atoms with van der Waals surface area (Å²) in [6, 6.07) is 1.97. The number of nitrogens with one attached hydrogen (secondary N) is 1. The van der Waals surface area contributed by atoms with Crippen LogP contribution in [0.5, 0.6) is 5.75 Å². The van der Waals surface area contributed by atoms with Gasteiger partial charge < -0.3 is 14.8 Å². The Hall–Kier alpha value is -2.55. The number of hydrogen-bond acceptors (Lipinski definition) is 6. The molecule has 1 aromatic rings. The molecule has 8 nitrogen and oxygen atoms in total. The van der Waals surface area contributed by atoms with Crippen LogP contribution < -0.4 is 10.1 Å². The van der Waals surface area contributed by atoms with Crippen LogP contribution in [0.1, 0.15) is 38.3 Å². The Balaban J connectivity index is 2.45. The number of rotatable bonds is 5. The lowest BCUT2D eigenvalue weighted by Gasteiger charge is -2.32. The van der Waals surface area contributed by atoms with E-state index in [1.165, 1.54) is 19.5 Å². The summed E-state index contributed by atoms with van der Waals surface area (Å²) in [5, 5.41) is 2.45. The first kappa shape index (κ1) is 21.7. The molecule has 1 aliphatic heterocycles. The second kappa shape index (κ2) is 7.83. The van der Waals surface area contributed by atoms with Crippen molar-refractivity contribution in [2.75, 3.05) is 7.11 Å². The van der Waals surface area contributed by atoms with Gasteiger partial charge in [-0.15, -0.1) is 0 Å². The van der Waals surface area contributed by atoms with Crippen LogP contribution in [0.15, 0.2) is 29.4 Å². The van der Waals surface area contributed by atoms with E-state index in [0.717, 1.165) is 4.31 Å². The van der Waals surface area contributed by atoms with E-state index in [9.17, 15) is 18.0 Å². The van der Waals surface area contributed by atoms with Crippen molar-refractivity contribution < 1.29 is 27.5 Å². The van der Waals surface area contributed by atoms with Crippen molar-refractivity contribution in [3.8, 4) is 5.75 Å². The number of methoxy groups -OCH3 is 1. The number of benzene rings is 1. The molecule has 0 aliphatic carbocycles. The molecule has 1 atom stereocenters. The number of carbonyl (C=O) groups excluding carboxylic acids is 2. The Kier molecular flexibility index (Phi) is 6.08. The van der Waals surface area contributed by atoms with Crippen LogP contribution in [0.4, 0.5) is 0 Å². The fourth-order valence-corrected chi connectivity index (χ4v) is 4.89. The number of carbonyl (C=O) groups is 2. The number of ether oxygens (including phenoxy) is 2. The minimum Gasteiger partial charge on any atom is -0.497 e. The Morgan fingerprint density at radius 3 is 2.29 bits per heavy atom. The molecule has 9 heteroatoms. The van der Waals surface area contributed by atoms with Crippen LogP contribution in [0.3, 0.4) is 0 Å². The molecule has 1 heterocycles. The van der Waals surface area contributed by atoms with Gasteiger partial charge in [0.25, 0.3) is 10.0 Å². The average Bonchev–Trinajstić information content (AvgIpc) is 2.53. The average molecular weight is 410 g/mol. The van der Waals surface area contributed by atoms with Gasteiger partial charge in [-0.25, -0.2) is 8.42 Å². The maximum absolute atomic E-state index is 13.4. The Bertz CT molecular complexity index is 892. The molecule has 0 bridgehead atoms. The van der Waals surface area contributed by atoms with Crippen LogP contribution in [0, 0.1) is 13.8 Å². The van der Waals surface area contributed by atoms with Crippen LogP contribution in [-0.4, -0.2) is 43.4 Å². The number of nitrogens with zero attached hydrogens (tertiary/aromatic N) is 1. The van der Waals surface area contributed by atoms with E-state index in [1.807, 2.05) is 0 Å². The van der Waals surface area contributed by atoms with Crippen LogP contribution in [0.25, 0.3) is 0 Å². The van der Waals surface area contributed by atoms with Gasteiger partial charge in [-0.1, -0.05) is 0 Å². The number of hydrogen-bond donors (Lipinski definition) is 1. The Morgan fingerprint density at radius 1 is 1.21 bits per heavy atom. The quantitative estimate of drug-likeness (QED) is 0.745. The predicted molar refractivity (Wildman–Crippen MR) is 103 cm³/mol. The monoisotopic (exact) mass is 410 g/mol. The first-order valence-electron chi connectivity index (χ1n) is 8.74. The maximum Gasteiger partial charge on any atom is 0.308 e. The highest BCUT2D eigenvalue weighted by Crippen LogP contribution is 2.31. The van der Waals surface area contributed by atoms with E-state index in [4.69, 9.17) is 9.47 Å². The van der Waals surface area contributed by atoms with Gasteiger partial charge in [0.15, 0.2) is 0 Å². The third-order valence-electron chi connectivity index (χ3n) is 4.04. The summed E-state index contributed by atoms with van der Waals surface area (Å²) >= 11 is 0. The molecule has 1 aliphatic rings. The molecule has 0 spiro atoms. The Morgan fingerprint density at radius 2 is 1.79 bits per heavy atom. The largest absolute Gasteiger partial charge is 0.497 e. The zero-order valence-corrected chi connectivity index (χ0v) is 17.7. The van der Waals surface area contributed by atoms with Gasteiger partial charge in [-0.05, 0) is 57.9 Å². The molecule has 0 radical (unpaired) electrons. The van der Waals surface area contributed by atoms with Gasteiger partial charge >= 0.3 is 5.97 Å². The normalized spacial score (nSPS) is 17.3. The SMILES string of the molecule is COc1cc(C)c(S(=O)(=O)N2C=CNC(=O)C2CC(=O)OC(C)(C)C)c(C)c1. The van der Waals surface area contributed by atoms with Crippen molar-refractivity contribution in [2.45, 2.75) is 57.6 Å². The molecule has 0 aromatic heterocycles. The maximum atomic E-state index is 13.4. The van der Waals surface area contributed by atoms with E-state index in [1.54, 1.807) is 46.8 Å². The lowest BCUT2D eigenvalue weighted by molar-refractivity contribution is -0.157. The van der Waals surface area contributed by atoms with Crippen molar-refractivity contribution in [1.29, 1.82) is 0 Å². The second-order valence-corrected chi connectivity index (χ2v) is 9.34. The van der Waals surface area contributed by atoms with Gasteiger partial charge in [-0.2, -0.15) is 0 Å². The zero-order chi connectivity index (χ0) is 21.3. The van der Waals surface area contributed by atoms with Crippen LogP contribution in [-0.2, 0) is 24.3 Å². The smallest absolute Gasteiger partial charge is 0.308 e. The highest BCUT2D eigenvalue weighted by Gasteiger charge is 2.39. The topological polar surface area (TPSA) is 102 Å².